The van der Waals surface area contributed by atoms with E-state index < -0.39 is 0 Å². The first kappa shape index (κ1) is 11.3. The number of hydrogen-bond acceptors (Lipinski definition) is 3. The van der Waals surface area contributed by atoms with E-state index in [2.05, 4.69) is 20.7 Å². The van der Waals surface area contributed by atoms with Gasteiger partial charge in [-0.3, -0.25) is 0 Å². The van der Waals surface area contributed by atoms with E-state index in [0.717, 1.165) is 24.2 Å². The zero-order chi connectivity index (χ0) is 12.4. The molecule has 0 bridgehead atoms. The molecule has 0 fully saturated rings. The number of rotatable bonds is 3. The predicted molar refractivity (Wildman–Crippen MR) is 68.5 cm³/mol. The van der Waals surface area contributed by atoms with Gasteiger partial charge in [-0.15, -0.1) is 0 Å². The van der Waals surface area contributed by atoms with E-state index in [4.69, 9.17) is 4.74 Å². The Hall–Kier alpha value is -1.84. The third kappa shape index (κ3) is 2.23. The molecule has 0 radical (unpaired) electrons. The summed E-state index contributed by atoms with van der Waals surface area (Å²) in [7, 11) is 0. The molecule has 0 aliphatic carbocycles. The van der Waals surface area contributed by atoms with Crippen LogP contribution in [0.5, 0.6) is 5.88 Å². The van der Waals surface area contributed by atoms with E-state index in [1.54, 1.807) is 6.20 Å². The number of fused-ring (bicyclic) bond motifs is 1. The predicted octanol–water partition coefficient (Wildman–Crippen LogP) is 2.50. The van der Waals surface area contributed by atoms with E-state index in [-0.39, 0.29) is 0 Å². The van der Waals surface area contributed by atoms with Crippen LogP contribution in [-0.4, -0.2) is 14.5 Å². The summed E-state index contributed by atoms with van der Waals surface area (Å²) in [4.78, 5) is 8.82. The van der Waals surface area contributed by atoms with Crippen molar-refractivity contribution in [2.75, 3.05) is 0 Å². The van der Waals surface area contributed by atoms with Gasteiger partial charge < -0.3 is 9.30 Å². The first-order valence-electron chi connectivity index (χ1n) is 6.42. The number of ether oxygens (including phenoxy) is 1. The lowest BCUT2D eigenvalue weighted by Gasteiger charge is -2.11. The average Bonchev–Trinajstić information content (AvgIpc) is 2.80. The monoisotopic (exact) mass is 243 g/mol. The molecule has 0 aromatic carbocycles. The van der Waals surface area contributed by atoms with Gasteiger partial charge in [-0.2, -0.15) is 0 Å². The van der Waals surface area contributed by atoms with Gasteiger partial charge in [-0.1, -0.05) is 6.07 Å². The molecule has 0 saturated carbocycles. The summed E-state index contributed by atoms with van der Waals surface area (Å²) in [5.74, 6) is 1.89. The lowest BCUT2D eigenvalue weighted by molar-refractivity contribution is 0.287. The number of pyridine rings is 1. The maximum absolute atomic E-state index is 5.71. The van der Waals surface area contributed by atoms with Crippen molar-refractivity contribution in [1.29, 1.82) is 0 Å². The maximum Gasteiger partial charge on any atom is 0.216 e. The fraction of sp³-hybridized carbons (Fsp3) is 0.429. The second-order valence-corrected chi connectivity index (χ2v) is 4.71. The molecule has 2 aromatic heterocycles. The Morgan fingerprint density at radius 1 is 1.39 bits per heavy atom. The Balaban J connectivity index is 1.70. The van der Waals surface area contributed by atoms with Crippen molar-refractivity contribution in [1.82, 2.24) is 14.5 Å². The molecule has 2 aromatic rings. The second-order valence-electron chi connectivity index (χ2n) is 4.71. The van der Waals surface area contributed by atoms with Crippen LogP contribution in [0.3, 0.4) is 0 Å². The lowest BCUT2D eigenvalue weighted by atomic mass is 10.2. The van der Waals surface area contributed by atoms with Gasteiger partial charge in [-0.25, -0.2) is 9.97 Å². The molecule has 0 amide bonds. The van der Waals surface area contributed by atoms with Crippen LogP contribution in [0.15, 0.2) is 24.5 Å². The third-order valence-electron chi connectivity index (χ3n) is 3.28. The van der Waals surface area contributed by atoms with Crippen molar-refractivity contribution in [2.45, 2.75) is 39.3 Å². The van der Waals surface area contributed by atoms with E-state index in [1.807, 2.05) is 19.1 Å². The van der Waals surface area contributed by atoms with Crippen LogP contribution in [0.2, 0.25) is 0 Å². The van der Waals surface area contributed by atoms with Crippen molar-refractivity contribution in [2.24, 2.45) is 0 Å². The first-order chi connectivity index (χ1) is 8.83. The minimum atomic E-state index is 0.498. The standard InChI is InChI=1S/C14H17N3O/c1-11-5-4-7-15-14(11)18-10-12-9-17-8-3-2-6-13(17)16-12/h4-5,7,9H,2-3,6,8,10H2,1H3. The van der Waals surface area contributed by atoms with Gasteiger partial charge in [0.25, 0.3) is 0 Å². The molecule has 3 rings (SSSR count). The van der Waals surface area contributed by atoms with Crippen LogP contribution in [0.4, 0.5) is 0 Å². The fourth-order valence-corrected chi connectivity index (χ4v) is 2.31. The number of nitrogens with zero attached hydrogens (tertiary/aromatic N) is 3. The molecule has 18 heavy (non-hydrogen) atoms. The van der Waals surface area contributed by atoms with Gasteiger partial charge in [0.05, 0.1) is 5.69 Å². The molecule has 0 unspecified atom stereocenters. The molecule has 1 aliphatic rings. The summed E-state index contributed by atoms with van der Waals surface area (Å²) in [6.45, 7) is 3.59. The van der Waals surface area contributed by atoms with E-state index in [1.165, 1.54) is 18.7 Å². The molecule has 0 N–H and O–H groups in total. The largest absolute Gasteiger partial charge is 0.471 e. The Morgan fingerprint density at radius 3 is 3.17 bits per heavy atom. The molecule has 3 heterocycles. The molecular weight excluding hydrogens is 226 g/mol. The Kier molecular flexibility index (Phi) is 3.00. The Labute approximate surface area is 107 Å². The zero-order valence-corrected chi connectivity index (χ0v) is 10.6. The highest BCUT2D eigenvalue weighted by atomic mass is 16.5. The fourth-order valence-electron chi connectivity index (χ4n) is 2.31. The van der Waals surface area contributed by atoms with Crippen LogP contribution >= 0.6 is 0 Å². The molecular formula is C14H17N3O. The molecule has 0 saturated heterocycles. The summed E-state index contributed by atoms with van der Waals surface area (Å²) in [6, 6.07) is 3.91. The van der Waals surface area contributed by atoms with Crippen molar-refractivity contribution < 1.29 is 4.74 Å². The van der Waals surface area contributed by atoms with E-state index in [0.29, 0.717) is 12.5 Å². The number of hydrogen-bond donors (Lipinski definition) is 0. The Bertz CT molecular complexity index is 524. The van der Waals surface area contributed by atoms with Crippen LogP contribution in [0, 0.1) is 6.92 Å². The minimum Gasteiger partial charge on any atom is -0.471 e. The molecule has 1 aliphatic heterocycles. The SMILES string of the molecule is Cc1cccnc1OCc1cn2c(n1)CCCC2. The highest BCUT2D eigenvalue weighted by Gasteiger charge is 2.12. The topological polar surface area (TPSA) is 39.9 Å². The van der Waals surface area contributed by atoms with Crippen LogP contribution < -0.4 is 4.74 Å². The van der Waals surface area contributed by atoms with Gasteiger partial charge in [-0.05, 0) is 25.8 Å². The molecule has 4 heteroatoms. The highest BCUT2D eigenvalue weighted by molar-refractivity contribution is 5.23. The lowest BCUT2D eigenvalue weighted by Crippen LogP contribution is -2.08. The highest BCUT2D eigenvalue weighted by Crippen LogP contribution is 2.17. The van der Waals surface area contributed by atoms with Gasteiger partial charge in [0, 0.05) is 30.9 Å². The number of aryl methyl sites for hydroxylation is 3. The van der Waals surface area contributed by atoms with Crippen LogP contribution in [0.1, 0.15) is 29.9 Å². The normalized spacial score (nSPS) is 14.3. The summed E-state index contributed by atoms with van der Waals surface area (Å²) in [5, 5.41) is 0. The summed E-state index contributed by atoms with van der Waals surface area (Å²) in [5.41, 5.74) is 2.05. The Morgan fingerprint density at radius 2 is 2.33 bits per heavy atom. The van der Waals surface area contributed by atoms with Crippen molar-refractivity contribution in [3.8, 4) is 5.88 Å². The molecule has 0 atom stereocenters. The van der Waals surface area contributed by atoms with Crippen LogP contribution in [-0.2, 0) is 19.6 Å². The molecule has 94 valence electrons. The number of aromatic nitrogens is 3. The summed E-state index contributed by atoms with van der Waals surface area (Å²) >= 11 is 0. The van der Waals surface area contributed by atoms with Gasteiger partial charge in [0.15, 0.2) is 0 Å². The smallest absolute Gasteiger partial charge is 0.216 e. The summed E-state index contributed by atoms with van der Waals surface area (Å²) in [6.07, 6.45) is 7.44. The minimum absolute atomic E-state index is 0.498. The van der Waals surface area contributed by atoms with E-state index >= 15 is 0 Å². The maximum atomic E-state index is 5.71. The second kappa shape index (κ2) is 4.80. The van der Waals surface area contributed by atoms with Crippen molar-refractivity contribution in [3.63, 3.8) is 0 Å². The zero-order valence-electron chi connectivity index (χ0n) is 10.6. The van der Waals surface area contributed by atoms with E-state index in [9.17, 15) is 0 Å². The first-order valence-corrected chi connectivity index (χ1v) is 6.42. The van der Waals surface area contributed by atoms with Gasteiger partial charge >= 0.3 is 0 Å². The number of imidazole rings is 1. The average molecular weight is 243 g/mol. The van der Waals surface area contributed by atoms with Gasteiger partial charge in [0.1, 0.15) is 12.4 Å². The molecule has 0 spiro atoms. The summed E-state index contributed by atoms with van der Waals surface area (Å²) < 4.78 is 7.96. The van der Waals surface area contributed by atoms with Crippen molar-refractivity contribution in [3.05, 3.63) is 41.6 Å². The quantitative estimate of drug-likeness (QED) is 0.831. The van der Waals surface area contributed by atoms with Crippen molar-refractivity contribution >= 4 is 0 Å². The third-order valence-corrected chi connectivity index (χ3v) is 3.28. The molecule has 4 nitrogen and oxygen atoms in total. The van der Waals surface area contributed by atoms with Gasteiger partial charge in [0.2, 0.25) is 5.88 Å². The van der Waals surface area contributed by atoms with Crippen LogP contribution in [0.25, 0.3) is 0 Å².